The number of aldehydes is 1. The van der Waals surface area contributed by atoms with Crippen LogP contribution in [-0.2, 0) is 4.79 Å². The number of carbonyl (C=O) groups is 1. The smallest absolute Gasteiger partial charge is 0.161 e. The molecule has 0 radical (unpaired) electrons. The first-order valence-corrected chi connectivity index (χ1v) is 6.05. The molecule has 0 N–H and O–H groups in total. The Hall–Kier alpha value is -1.51. The average molecular weight is 234 g/mol. The fraction of sp³-hybridized carbons (Fsp3) is 0.500. The predicted octanol–water partition coefficient (Wildman–Crippen LogP) is 2.79. The van der Waals surface area contributed by atoms with E-state index >= 15 is 0 Å². The molecule has 0 fully saturated rings. The summed E-state index contributed by atoms with van der Waals surface area (Å²) in [5.41, 5.74) is 1.01. The Kier molecular flexibility index (Phi) is 3.67. The van der Waals surface area contributed by atoms with Crippen LogP contribution >= 0.6 is 0 Å². The molecule has 0 amide bonds. The Morgan fingerprint density at radius 3 is 2.59 bits per heavy atom. The van der Waals surface area contributed by atoms with Crippen molar-refractivity contribution < 1.29 is 14.3 Å². The Morgan fingerprint density at radius 2 is 1.94 bits per heavy atom. The minimum absolute atomic E-state index is 0.0502. The van der Waals surface area contributed by atoms with E-state index in [1.165, 1.54) is 0 Å². The lowest BCUT2D eigenvalue weighted by Crippen LogP contribution is -2.16. The number of fused-ring (bicyclic) bond motifs is 1. The van der Waals surface area contributed by atoms with Crippen LogP contribution in [0.25, 0.3) is 0 Å². The van der Waals surface area contributed by atoms with Gasteiger partial charge in [-0.15, -0.1) is 0 Å². The minimum Gasteiger partial charge on any atom is -0.486 e. The zero-order valence-electron chi connectivity index (χ0n) is 10.3. The molecule has 3 heteroatoms. The number of rotatable bonds is 4. The fourth-order valence-corrected chi connectivity index (χ4v) is 2.07. The first-order chi connectivity index (χ1) is 8.20. The summed E-state index contributed by atoms with van der Waals surface area (Å²) in [7, 11) is 0. The van der Waals surface area contributed by atoms with E-state index in [2.05, 4.69) is 13.8 Å². The second-order valence-corrected chi connectivity index (χ2v) is 4.78. The number of ether oxygens (including phenoxy) is 2. The molecule has 1 aliphatic rings. The zero-order chi connectivity index (χ0) is 12.3. The lowest BCUT2D eigenvalue weighted by molar-refractivity contribution is -0.109. The van der Waals surface area contributed by atoms with E-state index < -0.39 is 0 Å². The van der Waals surface area contributed by atoms with E-state index in [9.17, 15) is 4.79 Å². The molecule has 0 saturated carbocycles. The summed E-state index contributed by atoms with van der Waals surface area (Å²) in [6, 6.07) is 5.77. The number of hydrogen-bond acceptors (Lipinski definition) is 3. The van der Waals surface area contributed by atoms with Gasteiger partial charge in [-0.1, -0.05) is 19.9 Å². The van der Waals surface area contributed by atoms with Crippen molar-refractivity contribution in [3.63, 3.8) is 0 Å². The molecule has 0 aromatic heterocycles. The van der Waals surface area contributed by atoms with E-state index in [0.29, 0.717) is 19.1 Å². The maximum Gasteiger partial charge on any atom is 0.161 e. The third kappa shape index (κ3) is 2.78. The fourth-order valence-electron chi connectivity index (χ4n) is 2.07. The van der Waals surface area contributed by atoms with Crippen LogP contribution in [-0.4, -0.2) is 19.5 Å². The molecule has 3 nitrogen and oxygen atoms in total. The van der Waals surface area contributed by atoms with E-state index in [4.69, 9.17) is 9.47 Å². The van der Waals surface area contributed by atoms with Crippen LogP contribution in [0.1, 0.15) is 31.7 Å². The van der Waals surface area contributed by atoms with Gasteiger partial charge in [0.2, 0.25) is 0 Å². The van der Waals surface area contributed by atoms with Crippen molar-refractivity contribution in [3.8, 4) is 11.5 Å². The van der Waals surface area contributed by atoms with Crippen molar-refractivity contribution in [2.24, 2.45) is 5.92 Å². The molecule has 1 atom stereocenters. The second-order valence-electron chi connectivity index (χ2n) is 4.78. The Bertz CT molecular complexity index is 398. The van der Waals surface area contributed by atoms with Gasteiger partial charge < -0.3 is 14.3 Å². The first-order valence-electron chi connectivity index (χ1n) is 6.05. The van der Waals surface area contributed by atoms with Crippen molar-refractivity contribution >= 4 is 6.29 Å². The predicted molar refractivity (Wildman–Crippen MR) is 65.7 cm³/mol. The molecule has 0 aliphatic carbocycles. The van der Waals surface area contributed by atoms with Crippen LogP contribution in [0.5, 0.6) is 11.5 Å². The maximum absolute atomic E-state index is 11.1. The Morgan fingerprint density at radius 1 is 1.24 bits per heavy atom. The van der Waals surface area contributed by atoms with Crippen LogP contribution in [0.3, 0.4) is 0 Å². The topological polar surface area (TPSA) is 35.5 Å². The molecular formula is C14H18O3. The number of carbonyl (C=O) groups excluding carboxylic acids is 1. The van der Waals surface area contributed by atoms with Crippen molar-refractivity contribution in [1.82, 2.24) is 0 Å². The molecule has 1 aromatic carbocycles. The molecule has 0 bridgehead atoms. The summed E-state index contributed by atoms with van der Waals surface area (Å²) in [6.45, 7) is 5.41. The van der Waals surface area contributed by atoms with Crippen LogP contribution in [0.15, 0.2) is 18.2 Å². The third-order valence-electron chi connectivity index (χ3n) is 2.88. The second kappa shape index (κ2) is 5.21. The van der Waals surface area contributed by atoms with Gasteiger partial charge in [-0.25, -0.2) is 0 Å². The summed E-state index contributed by atoms with van der Waals surface area (Å²) in [5, 5.41) is 0. The van der Waals surface area contributed by atoms with Gasteiger partial charge in [0.15, 0.2) is 11.5 Å². The van der Waals surface area contributed by atoms with Gasteiger partial charge in [0, 0.05) is 5.92 Å². The quantitative estimate of drug-likeness (QED) is 0.751. The molecule has 0 saturated heterocycles. The Labute approximate surface area is 102 Å². The third-order valence-corrected chi connectivity index (χ3v) is 2.88. The highest BCUT2D eigenvalue weighted by Gasteiger charge is 2.17. The highest BCUT2D eigenvalue weighted by Crippen LogP contribution is 2.34. The monoisotopic (exact) mass is 234 g/mol. The SMILES string of the molecule is CC(C)CC(C=O)c1ccc2c(c1)OCCO2. The number of benzene rings is 1. The molecule has 1 unspecified atom stereocenters. The van der Waals surface area contributed by atoms with Gasteiger partial charge in [0.25, 0.3) is 0 Å². The maximum atomic E-state index is 11.1. The summed E-state index contributed by atoms with van der Waals surface area (Å²) in [5.74, 6) is 1.97. The summed E-state index contributed by atoms with van der Waals surface area (Å²) < 4.78 is 11.0. The van der Waals surface area contributed by atoms with Crippen LogP contribution < -0.4 is 9.47 Å². The van der Waals surface area contributed by atoms with Crippen molar-refractivity contribution in [2.75, 3.05) is 13.2 Å². The Balaban J connectivity index is 2.22. The highest BCUT2D eigenvalue weighted by molar-refractivity contribution is 5.63. The lowest BCUT2D eigenvalue weighted by Gasteiger charge is -2.20. The molecule has 17 heavy (non-hydrogen) atoms. The van der Waals surface area contributed by atoms with Crippen LogP contribution in [0.4, 0.5) is 0 Å². The van der Waals surface area contributed by atoms with Crippen molar-refractivity contribution in [2.45, 2.75) is 26.2 Å². The van der Waals surface area contributed by atoms with Gasteiger partial charge in [-0.2, -0.15) is 0 Å². The normalized spacial score (nSPS) is 15.7. The number of hydrogen-bond donors (Lipinski definition) is 0. The highest BCUT2D eigenvalue weighted by atomic mass is 16.6. The van der Waals surface area contributed by atoms with Gasteiger partial charge in [-0.05, 0) is 30.0 Å². The summed E-state index contributed by atoms with van der Waals surface area (Å²) in [6.07, 6.45) is 1.88. The summed E-state index contributed by atoms with van der Waals surface area (Å²) in [4.78, 5) is 11.1. The van der Waals surface area contributed by atoms with Crippen molar-refractivity contribution in [1.29, 1.82) is 0 Å². The molecule has 1 heterocycles. The average Bonchev–Trinajstić information content (AvgIpc) is 2.35. The van der Waals surface area contributed by atoms with Crippen LogP contribution in [0, 0.1) is 5.92 Å². The molecule has 0 spiro atoms. The molecular weight excluding hydrogens is 216 g/mol. The van der Waals surface area contributed by atoms with E-state index in [-0.39, 0.29) is 5.92 Å². The summed E-state index contributed by atoms with van der Waals surface area (Å²) >= 11 is 0. The minimum atomic E-state index is -0.0502. The van der Waals surface area contributed by atoms with E-state index in [1.54, 1.807) is 0 Å². The lowest BCUT2D eigenvalue weighted by atomic mass is 9.91. The largest absolute Gasteiger partial charge is 0.486 e. The first kappa shape index (κ1) is 12.0. The van der Waals surface area contributed by atoms with Crippen molar-refractivity contribution in [3.05, 3.63) is 23.8 Å². The van der Waals surface area contributed by atoms with E-state index in [0.717, 1.165) is 29.8 Å². The molecule has 1 aliphatic heterocycles. The van der Waals surface area contributed by atoms with Gasteiger partial charge >= 0.3 is 0 Å². The molecule has 1 aromatic rings. The van der Waals surface area contributed by atoms with Gasteiger partial charge in [0.05, 0.1) is 0 Å². The zero-order valence-corrected chi connectivity index (χ0v) is 10.3. The molecule has 2 rings (SSSR count). The van der Waals surface area contributed by atoms with E-state index in [1.807, 2.05) is 18.2 Å². The van der Waals surface area contributed by atoms with Gasteiger partial charge in [-0.3, -0.25) is 0 Å². The standard InChI is InChI=1S/C14H18O3/c1-10(2)7-12(9-15)11-3-4-13-14(8-11)17-6-5-16-13/h3-4,8-10,12H,5-7H2,1-2H3. The molecule has 92 valence electrons. The van der Waals surface area contributed by atoms with Gasteiger partial charge in [0.1, 0.15) is 19.5 Å². The van der Waals surface area contributed by atoms with Crippen LogP contribution in [0.2, 0.25) is 0 Å².